The number of aromatic nitrogens is 4. The van der Waals surface area contributed by atoms with Gasteiger partial charge in [0.05, 0.1) is 6.10 Å². The lowest BCUT2D eigenvalue weighted by molar-refractivity contribution is 0.208. The van der Waals surface area contributed by atoms with Crippen LogP contribution < -0.4 is 21.3 Å². The lowest BCUT2D eigenvalue weighted by Crippen LogP contribution is -2.18. The maximum atomic E-state index is 9.42. The number of fused-ring (bicyclic) bond motifs is 1. The quantitative estimate of drug-likeness (QED) is 0.489. The van der Waals surface area contributed by atoms with Crippen molar-refractivity contribution < 1.29 is 5.11 Å². The molecule has 0 aromatic carbocycles. The van der Waals surface area contributed by atoms with Crippen molar-refractivity contribution in [1.29, 1.82) is 0 Å². The second-order valence-corrected chi connectivity index (χ2v) is 5.67. The van der Waals surface area contributed by atoms with Crippen LogP contribution in [-0.2, 0) is 0 Å². The van der Waals surface area contributed by atoms with Gasteiger partial charge in [-0.05, 0) is 20.3 Å². The van der Waals surface area contributed by atoms with Crippen molar-refractivity contribution in [1.82, 2.24) is 19.9 Å². The van der Waals surface area contributed by atoms with E-state index in [0.29, 0.717) is 41.1 Å². The van der Waals surface area contributed by atoms with E-state index >= 15 is 0 Å². The van der Waals surface area contributed by atoms with Gasteiger partial charge in [0.25, 0.3) is 0 Å². The van der Waals surface area contributed by atoms with Gasteiger partial charge in [0.2, 0.25) is 11.9 Å². The molecular formula is C15H26N8O. The first-order chi connectivity index (χ1) is 11.5. The molecule has 2 aromatic rings. The predicted octanol–water partition coefficient (Wildman–Crippen LogP) is 1.51. The normalized spacial score (nSPS) is 13.4. The molecule has 0 unspecified atom stereocenters. The second-order valence-electron chi connectivity index (χ2n) is 5.67. The van der Waals surface area contributed by atoms with Crippen LogP contribution in [-0.4, -0.2) is 57.8 Å². The molecular weight excluding hydrogens is 308 g/mol. The highest BCUT2D eigenvalue weighted by molar-refractivity contribution is 5.94. The van der Waals surface area contributed by atoms with Crippen LogP contribution in [0.25, 0.3) is 11.0 Å². The van der Waals surface area contributed by atoms with Crippen molar-refractivity contribution >= 4 is 34.6 Å². The van der Waals surface area contributed by atoms with E-state index in [9.17, 15) is 5.11 Å². The molecule has 0 aliphatic rings. The Morgan fingerprint density at radius 1 is 0.917 bits per heavy atom. The average molecular weight is 334 g/mol. The van der Waals surface area contributed by atoms with E-state index in [2.05, 4.69) is 55.1 Å². The standard InChI is InChI=1S/C15H26N8O/c1-6-8(2)19-15-21-11-10(13(17-5)23-15)20-14(18-7-9(3)24)22-12(11)16-4/h8-9,24H,6-7H2,1-5H3,(H2,16,18,20,22)(H2,17,19,21,23)/t8-,9+/m1/s1. The van der Waals surface area contributed by atoms with Crippen molar-refractivity contribution in [3.05, 3.63) is 0 Å². The van der Waals surface area contributed by atoms with Gasteiger partial charge in [-0.3, -0.25) is 0 Å². The molecule has 2 rings (SSSR count). The Bertz CT molecular complexity index is 691. The molecule has 2 heterocycles. The molecule has 0 aliphatic heterocycles. The maximum Gasteiger partial charge on any atom is 0.225 e. The minimum atomic E-state index is -0.496. The van der Waals surface area contributed by atoms with E-state index in [1.165, 1.54) is 0 Å². The predicted molar refractivity (Wildman–Crippen MR) is 97.8 cm³/mol. The Hall–Kier alpha value is -2.42. The molecule has 0 bridgehead atoms. The molecule has 0 saturated carbocycles. The molecule has 9 nitrogen and oxygen atoms in total. The van der Waals surface area contributed by atoms with Crippen LogP contribution in [0.15, 0.2) is 0 Å². The van der Waals surface area contributed by atoms with Crippen LogP contribution in [0.2, 0.25) is 0 Å². The molecule has 5 N–H and O–H groups in total. The van der Waals surface area contributed by atoms with Gasteiger partial charge in [-0.1, -0.05) is 6.92 Å². The molecule has 9 heteroatoms. The SMILES string of the molecule is CC[C@@H](C)Nc1nc(NC)c2nc(NC[C@H](C)O)nc(NC)c2n1. The first-order valence-electron chi connectivity index (χ1n) is 8.12. The van der Waals surface area contributed by atoms with Gasteiger partial charge in [0.1, 0.15) is 11.0 Å². The summed E-state index contributed by atoms with van der Waals surface area (Å²) >= 11 is 0. The largest absolute Gasteiger partial charge is 0.392 e. The topological polar surface area (TPSA) is 120 Å². The second kappa shape index (κ2) is 7.91. The van der Waals surface area contributed by atoms with Crippen molar-refractivity contribution in [3.8, 4) is 0 Å². The molecule has 0 amide bonds. The number of hydrogen-bond acceptors (Lipinski definition) is 9. The number of anilines is 4. The van der Waals surface area contributed by atoms with E-state index in [-0.39, 0.29) is 6.04 Å². The van der Waals surface area contributed by atoms with Crippen LogP contribution in [0.3, 0.4) is 0 Å². The summed E-state index contributed by atoms with van der Waals surface area (Å²) in [4.78, 5) is 17.9. The fourth-order valence-corrected chi connectivity index (χ4v) is 2.07. The third-order valence-corrected chi connectivity index (χ3v) is 3.56. The van der Waals surface area contributed by atoms with Gasteiger partial charge in [-0.2, -0.15) is 9.97 Å². The Morgan fingerprint density at radius 2 is 1.46 bits per heavy atom. The zero-order valence-electron chi connectivity index (χ0n) is 14.8. The minimum Gasteiger partial charge on any atom is -0.392 e. The van der Waals surface area contributed by atoms with Gasteiger partial charge in [0, 0.05) is 26.7 Å². The highest BCUT2D eigenvalue weighted by Crippen LogP contribution is 2.26. The van der Waals surface area contributed by atoms with E-state index in [4.69, 9.17) is 0 Å². The van der Waals surface area contributed by atoms with Gasteiger partial charge < -0.3 is 26.4 Å². The summed E-state index contributed by atoms with van der Waals surface area (Å²) in [6, 6.07) is 0.262. The van der Waals surface area contributed by atoms with Crippen molar-refractivity contribution in [3.63, 3.8) is 0 Å². The van der Waals surface area contributed by atoms with Gasteiger partial charge >= 0.3 is 0 Å². The average Bonchev–Trinajstić information content (AvgIpc) is 2.58. The van der Waals surface area contributed by atoms with Crippen molar-refractivity contribution in [2.75, 3.05) is 41.9 Å². The zero-order chi connectivity index (χ0) is 17.7. The Kier molecular flexibility index (Phi) is 5.91. The van der Waals surface area contributed by atoms with Crippen LogP contribution >= 0.6 is 0 Å². The molecule has 0 saturated heterocycles. The number of aliphatic hydroxyl groups is 1. The highest BCUT2D eigenvalue weighted by atomic mass is 16.3. The summed E-state index contributed by atoms with van der Waals surface area (Å²) < 4.78 is 0. The maximum absolute atomic E-state index is 9.42. The molecule has 0 aliphatic carbocycles. The lowest BCUT2D eigenvalue weighted by atomic mass is 10.3. The first kappa shape index (κ1) is 17.9. The Balaban J connectivity index is 2.51. The summed E-state index contributed by atoms with van der Waals surface area (Å²) in [5, 5.41) is 21.8. The molecule has 0 fully saturated rings. The fourth-order valence-electron chi connectivity index (χ4n) is 2.07. The van der Waals surface area contributed by atoms with Gasteiger partial charge in [-0.15, -0.1) is 0 Å². The zero-order valence-corrected chi connectivity index (χ0v) is 14.8. The van der Waals surface area contributed by atoms with Crippen LogP contribution in [0.1, 0.15) is 27.2 Å². The number of nitrogens with one attached hydrogen (secondary N) is 4. The smallest absolute Gasteiger partial charge is 0.225 e. The lowest BCUT2D eigenvalue weighted by Gasteiger charge is -2.15. The highest BCUT2D eigenvalue weighted by Gasteiger charge is 2.15. The monoisotopic (exact) mass is 334 g/mol. The molecule has 2 aromatic heterocycles. The minimum absolute atomic E-state index is 0.262. The number of nitrogens with zero attached hydrogens (tertiary/aromatic N) is 4. The van der Waals surface area contributed by atoms with Crippen LogP contribution in [0.5, 0.6) is 0 Å². The van der Waals surface area contributed by atoms with E-state index in [0.717, 1.165) is 6.42 Å². The third-order valence-electron chi connectivity index (χ3n) is 3.56. The van der Waals surface area contributed by atoms with Crippen LogP contribution in [0, 0.1) is 0 Å². The van der Waals surface area contributed by atoms with Gasteiger partial charge in [0.15, 0.2) is 11.6 Å². The van der Waals surface area contributed by atoms with Crippen molar-refractivity contribution in [2.45, 2.75) is 39.3 Å². The summed E-state index contributed by atoms with van der Waals surface area (Å²) in [5.41, 5.74) is 1.24. The van der Waals surface area contributed by atoms with Gasteiger partial charge in [-0.25, -0.2) is 9.97 Å². The molecule has 0 radical (unpaired) electrons. The molecule has 0 spiro atoms. The number of aliphatic hydroxyl groups excluding tert-OH is 1. The summed E-state index contributed by atoms with van der Waals surface area (Å²) in [6.45, 7) is 6.23. The molecule has 132 valence electrons. The number of rotatable bonds is 8. The third kappa shape index (κ3) is 4.10. The summed E-state index contributed by atoms with van der Waals surface area (Å²) in [6.07, 6.45) is 0.470. The Labute approximate surface area is 141 Å². The summed E-state index contributed by atoms with van der Waals surface area (Å²) in [5.74, 6) is 2.16. The number of hydrogen-bond donors (Lipinski definition) is 5. The van der Waals surface area contributed by atoms with E-state index in [1.54, 1.807) is 21.0 Å². The fraction of sp³-hybridized carbons (Fsp3) is 0.600. The molecule has 2 atom stereocenters. The Morgan fingerprint density at radius 3 is 1.96 bits per heavy atom. The van der Waals surface area contributed by atoms with E-state index < -0.39 is 6.10 Å². The van der Waals surface area contributed by atoms with E-state index in [1.807, 2.05) is 0 Å². The first-order valence-corrected chi connectivity index (χ1v) is 8.12. The molecule has 24 heavy (non-hydrogen) atoms. The van der Waals surface area contributed by atoms with Crippen LogP contribution in [0.4, 0.5) is 23.5 Å². The van der Waals surface area contributed by atoms with Crippen molar-refractivity contribution in [2.24, 2.45) is 0 Å². The summed E-state index contributed by atoms with van der Waals surface area (Å²) in [7, 11) is 3.57.